The van der Waals surface area contributed by atoms with Crippen molar-refractivity contribution in [2.75, 3.05) is 6.61 Å². The predicted molar refractivity (Wildman–Crippen MR) is 157 cm³/mol. The van der Waals surface area contributed by atoms with Crippen LogP contribution in [0.15, 0.2) is 54.6 Å². The van der Waals surface area contributed by atoms with Gasteiger partial charge in [-0.1, -0.05) is 37.6 Å². The van der Waals surface area contributed by atoms with E-state index in [-0.39, 0.29) is 16.9 Å². The Morgan fingerprint density at radius 3 is 2.12 bits per heavy atom. The van der Waals surface area contributed by atoms with Gasteiger partial charge in [0.2, 0.25) is 0 Å². The molecule has 4 fully saturated rings. The second-order valence-electron chi connectivity index (χ2n) is 12.5. The molecule has 0 amide bonds. The Morgan fingerprint density at radius 1 is 0.875 bits per heavy atom. The van der Waals surface area contributed by atoms with Gasteiger partial charge in [0.25, 0.3) is 0 Å². The van der Waals surface area contributed by atoms with Gasteiger partial charge in [-0.05, 0) is 134 Å². The van der Waals surface area contributed by atoms with Gasteiger partial charge in [0.15, 0.2) is 6.10 Å². The van der Waals surface area contributed by atoms with E-state index in [1.54, 1.807) is 12.1 Å². The zero-order chi connectivity index (χ0) is 27.9. The summed E-state index contributed by atoms with van der Waals surface area (Å²) in [6.07, 6.45) is 9.66. The molecule has 1 unspecified atom stereocenters. The van der Waals surface area contributed by atoms with E-state index in [4.69, 9.17) is 9.47 Å². The third-order valence-corrected chi connectivity index (χ3v) is 9.65. The van der Waals surface area contributed by atoms with Crippen LogP contribution in [-0.2, 0) is 14.9 Å². The lowest BCUT2D eigenvalue weighted by Gasteiger charge is -2.57. The van der Waals surface area contributed by atoms with Gasteiger partial charge in [0.1, 0.15) is 5.75 Å². The first-order valence-electron chi connectivity index (χ1n) is 15.1. The summed E-state index contributed by atoms with van der Waals surface area (Å²) in [5, 5.41) is 11.5. The van der Waals surface area contributed by atoms with Crippen LogP contribution in [0.3, 0.4) is 0 Å². The van der Waals surface area contributed by atoms with Gasteiger partial charge in [0.05, 0.1) is 12.2 Å². The van der Waals surface area contributed by atoms with Crippen molar-refractivity contribution in [3.63, 3.8) is 0 Å². The van der Waals surface area contributed by atoms with Crippen molar-refractivity contribution in [2.45, 2.75) is 83.2 Å². The first-order chi connectivity index (χ1) is 19.4. The average Bonchev–Trinajstić information content (AvgIpc) is 2.94. The number of benzene rings is 3. The van der Waals surface area contributed by atoms with E-state index in [9.17, 15) is 14.7 Å². The Kier molecular flexibility index (Phi) is 7.33. The minimum Gasteiger partial charge on any atom is -0.478 e. The summed E-state index contributed by atoms with van der Waals surface area (Å²) < 4.78 is 12.1. The summed E-state index contributed by atoms with van der Waals surface area (Å²) in [5.41, 5.74) is 3.70. The molecule has 5 heteroatoms. The number of carboxylic acids is 1. The third kappa shape index (κ3) is 5.11. The van der Waals surface area contributed by atoms with E-state index < -0.39 is 12.1 Å². The number of ether oxygens (including phenoxy) is 2. The highest BCUT2D eigenvalue weighted by atomic mass is 16.6. The van der Waals surface area contributed by atoms with Gasteiger partial charge in [0, 0.05) is 5.56 Å². The van der Waals surface area contributed by atoms with Crippen LogP contribution in [0.4, 0.5) is 0 Å². The van der Waals surface area contributed by atoms with Gasteiger partial charge in [-0.2, -0.15) is 0 Å². The quantitative estimate of drug-likeness (QED) is 0.263. The van der Waals surface area contributed by atoms with Crippen LogP contribution >= 0.6 is 0 Å². The SMILES string of the molecule is CCCCC(Oc1cc2ccc(-c3ccc(C(=O)O)cc3)cc2cc1C12CC3CC(CC(C3)C1)C2)C(=O)OCC. The Labute approximate surface area is 236 Å². The maximum Gasteiger partial charge on any atom is 0.347 e. The van der Waals surface area contributed by atoms with Crippen molar-refractivity contribution < 1.29 is 24.2 Å². The normalized spacial score (nSPS) is 25.6. The van der Waals surface area contributed by atoms with Gasteiger partial charge in [-0.15, -0.1) is 0 Å². The van der Waals surface area contributed by atoms with E-state index in [0.29, 0.717) is 13.0 Å². The molecule has 4 saturated carbocycles. The monoisotopic (exact) mass is 540 g/mol. The van der Waals surface area contributed by atoms with Crippen LogP contribution < -0.4 is 4.74 Å². The van der Waals surface area contributed by atoms with E-state index in [1.165, 1.54) is 44.1 Å². The van der Waals surface area contributed by atoms with Crippen molar-refractivity contribution in [3.05, 3.63) is 65.7 Å². The molecular formula is C35H40O5. The molecule has 4 bridgehead atoms. The average molecular weight is 541 g/mol. The van der Waals surface area contributed by atoms with Crippen LogP contribution in [0.1, 0.15) is 87.6 Å². The molecule has 40 heavy (non-hydrogen) atoms. The Bertz CT molecular complexity index is 1370. The van der Waals surface area contributed by atoms with Crippen molar-refractivity contribution in [1.82, 2.24) is 0 Å². The summed E-state index contributed by atoms with van der Waals surface area (Å²) in [4.78, 5) is 24.3. The topological polar surface area (TPSA) is 72.8 Å². The number of hydrogen-bond donors (Lipinski definition) is 1. The minimum absolute atomic E-state index is 0.0986. The number of carboxylic acid groups (broad SMARTS) is 1. The first-order valence-corrected chi connectivity index (χ1v) is 15.1. The summed E-state index contributed by atoms with van der Waals surface area (Å²) >= 11 is 0. The second kappa shape index (κ2) is 10.9. The fourth-order valence-corrected chi connectivity index (χ4v) is 8.22. The van der Waals surface area contributed by atoms with E-state index in [0.717, 1.165) is 58.2 Å². The maximum absolute atomic E-state index is 13.0. The van der Waals surface area contributed by atoms with Crippen LogP contribution in [0.25, 0.3) is 21.9 Å². The van der Waals surface area contributed by atoms with Crippen LogP contribution in [-0.4, -0.2) is 29.8 Å². The Morgan fingerprint density at radius 2 is 1.52 bits per heavy atom. The Hall–Kier alpha value is -3.34. The number of carbonyl (C=O) groups is 2. The summed E-state index contributed by atoms with van der Waals surface area (Å²) in [6.45, 7) is 4.32. The molecule has 210 valence electrons. The van der Waals surface area contributed by atoms with Crippen LogP contribution in [0.5, 0.6) is 5.75 Å². The fraction of sp³-hybridized carbons (Fsp3) is 0.486. The van der Waals surface area contributed by atoms with Gasteiger partial charge in [-0.25, -0.2) is 9.59 Å². The molecule has 0 spiro atoms. The lowest BCUT2D eigenvalue weighted by molar-refractivity contribution is -0.151. The summed E-state index contributed by atoms with van der Waals surface area (Å²) in [6, 6.07) is 18.0. The van der Waals surface area contributed by atoms with Crippen molar-refractivity contribution in [2.24, 2.45) is 17.8 Å². The first kappa shape index (κ1) is 26.9. The molecule has 4 aliphatic rings. The number of fused-ring (bicyclic) bond motifs is 1. The van der Waals surface area contributed by atoms with Crippen molar-refractivity contribution in [3.8, 4) is 16.9 Å². The molecule has 0 radical (unpaired) electrons. The molecule has 1 N–H and O–H groups in total. The van der Waals surface area contributed by atoms with E-state index >= 15 is 0 Å². The van der Waals surface area contributed by atoms with Crippen molar-refractivity contribution in [1.29, 1.82) is 0 Å². The van der Waals surface area contributed by atoms with Gasteiger partial charge < -0.3 is 14.6 Å². The van der Waals surface area contributed by atoms with Gasteiger partial charge in [-0.3, -0.25) is 0 Å². The predicted octanol–water partition coefficient (Wildman–Crippen LogP) is 8.17. The van der Waals surface area contributed by atoms with E-state index in [1.807, 2.05) is 19.1 Å². The highest BCUT2D eigenvalue weighted by Crippen LogP contribution is 2.62. The van der Waals surface area contributed by atoms with Crippen molar-refractivity contribution >= 4 is 22.7 Å². The molecule has 0 aromatic heterocycles. The molecule has 4 aliphatic carbocycles. The highest BCUT2D eigenvalue weighted by Gasteiger charge is 2.52. The van der Waals surface area contributed by atoms with E-state index in [2.05, 4.69) is 37.3 Å². The van der Waals surface area contributed by atoms with Crippen LogP contribution in [0, 0.1) is 17.8 Å². The molecule has 3 aromatic rings. The number of carbonyl (C=O) groups excluding carboxylic acids is 1. The standard InChI is InChI=1S/C35H40O5/c1-3-5-6-31(34(38)39-4-2)40-32-18-28-12-11-27(25-7-9-26(10-8-25)33(36)37)16-29(28)17-30(32)35-19-22-13-23(20-35)15-24(14-22)21-35/h7-12,16-18,22-24,31H,3-6,13-15,19-21H2,1-2H3,(H,36,37). The molecule has 0 saturated heterocycles. The van der Waals surface area contributed by atoms with Crippen LogP contribution in [0.2, 0.25) is 0 Å². The molecule has 1 atom stereocenters. The molecular weight excluding hydrogens is 500 g/mol. The second-order valence-corrected chi connectivity index (χ2v) is 12.5. The largest absolute Gasteiger partial charge is 0.478 e. The smallest absolute Gasteiger partial charge is 0.347 e. The summed E-state index contributed by atoms with van der Waals surface area (Å²) in [5.74, 6) is 2.02. The molecule has 3 aromatic carbocycles. The molecule has 5 nitrogen and oxygen atoms in total. The lowest BCUT2D eigenvalue weighted by atomic mass is 9.48. The molecule has 0 aliphatic heterocycles. The number of esters is 1. The Balaban J connectivity index is 1.43. The third-order valence-electron chi connectivity index (χ3n) is 9.65. The lowest BCUT2D eigenvalue weighted by Crippen LogP contribution is -2.48. The zero-order valence-electron chi connectivity index (χ0n) is 23.7. The highest BCUT2D eigenvalue weighted by molar-refractivity contribution is 5.91. The minimum atomic E-state index is -0.919. The number of hydrogen-bond acceptors (Lipinski definition) is 4. The number of unbranched alkanes of at least 4 members (excludes halogenated alkanes) is 1. The number of rotatable bonds is 10. The zero-order valence-corrected chi connectivity index (χ0v) is 23.7. The molecule has 0 heterocycles. The summed E-state index contributed by atoms with van der Waals surface area (Å²) in [7, 11) is 0. The number of aromatic carboxylic acids is 1. The molecule has 7 rings (SSSR count). The maximum atomic E-state index is 13.0. The fourth-order valence-electron chi connectivity index (χ4n) is 8.22. The van der Waals surface area contributed by atoms with Gasteiger partial charge >= 0.3 is 11.9 Å².